The number of sulfonamides is 1. The molecule has 2 bridgehead atoms. The Morgan fingerprint density at radius 1 is 1.01 bits per heavy atom. The van der Waals surface area contributed by atoms with Crippen LogP contribution in [0.1, 0.15) is 141 Å². The number of allylic oxidation sites excluding steroid dienone is 1. The number of nitrogens with zero attached hydrogens (tertiary/aromatic N) is 4. The molecular formula is C56H71FN6O9S. The van der Waals surface area contributed by atoms with Crippen LogP contribution in [0.4, 0.5) is 4.39 Å². The van der Waals surface area contributed by atoms with Gasteiger partial charge in [0.05, 0.1) is 69.8 Å². The minimum Gasteiger partial charge on any atom is -0.492 e. The quantitative estimate of drug-likeness (QED) is 0.0736. The predicted octanol–water partition coefficient (Wildman–Crippen LogP) is 8.85. The van der Waals surface area contributed by atoms with Crippen LogP contribution in [0, 0.1) is 34.4 Å². The number of hydrogen-bond donors (Lipinski definition) is 2. The highest BCUT2D eigenvalue weighted by atomic mass is 32.2. The van der Waals surface area contributed by atoms with Crippen LogP contribution in [-0.2, 0) is 40.4 Å². The van der Waals surface area contributed by atoms with E-state index in [1.807, 2.05) is 45.0 Å². The standard InChI is InChI=1S/C56H71FN6O9S/c1-6-35-31-56(35,53(67)61-73(68,69)55(5)22-23-55)32-46(64)45-29-37-33-63(45)52(66)40(54(2,3)4)30-48(65)72-47-27-34(47)15-8-7-9-17-39-49(38-16-10-11-18-41(38)60-51(39)71-37)70-26-14-25-62-24-13-12-19-44(62)50-58-42-21-20-36(57)28-43(42)59-50/h6,10-11,16,18,20-21,28,34-35,37,40,44-45,47H,1,7-9,12-15,17,19,22-27,29-33H2,2-5H3,(H,58,59)(H,61,67)/t34-,35-,37-,40-,44?,45+,47-,56-/m1/s1. The lowest BCUT2D eigenvalue weighted by molar-refractivity contribution is -0.154. The maximum atomic E-state index is 15.1. The summed E-state index contributed by atoms with van der Waals surface area (Å²) in [5.41, 5.74) is 0.885. The first kappa shape index (κ1) is 51.1. The third-order valence-corrected chi connectivity index (χ3v) is 19.0. The van der Waals surface area contributed by atoms with Gasteiger partial charge in [0.1, 0.15) is 29.6 Å². The summed E-state index contributed by atoms with van der Waals surface area (Å²) in [5, 5.41) is 0.853. The van der Waals surface area contributed by atoms with Crippen LogP contribution in [-0.4, -0.2) is 106 Å². The smallest absolute Gasteiger partial charge is 0.306 e. The number of aromatic nitrogens is 3. The van der Waals surface area contributed by atoms with Gasteiger partial charge in [-0.3, -0.25) is 28.8 Å². The number of ketones is 1. The number of esters is 1. The van der Waals surface area contributed by atoms with Gasteiger partial charge in [-0.2, -0.15) is 0 Å². The summed E-state index contributed by atoms with van der Waals surface area (Å²) >= 11 is 0. The highest BCUT2D eigenvalue weighted by Crippen LogP contribution is 2.57. The number of hydrogen-bond acceptors (Lipinski definition) is 12. The van der Waals surface area contributed by atoms with Crippen molar-refractivity contribution in [2.75, 3.05) is 26.2 Å². The van der Waals surface area contributed by atoms with Crippen molar-refractivity contribution in [1.29, 1.82) is 0 Å². The average molecular weight is 1020 g/mol. The molecular weight excluding hydrogens is 952 g/mol. The number of piperidine rings is 1. The van der Waals surface area contributed by atoms with E-state index in [0.717, 1.165) is 93.2 Å². The van der Waals surface area contributed by atoms with E-state index >= 15 is 4.79 Å². The number of aromatic amines is 1. The van der Waals surface area contributed by atoms with Crippen LogP contribution in [0.2, 0.25) is 0 Å². The van der Waals surface area contributed by atoms with E-state index in [9.17, 15) is 27.2 Å². The normalized spacial score (nSPS) is 28.7. The molecule has 5 fully saturated rings. The van der Waals surface area contributed by atoms with Crippen LogP contribution in [0.5, 0.6) is 11.6 Å². The van der Waals surface area contributed by atoms with Gasteiger partial charge < -0.3 is 24.1 Å². The fraction of sp³-hybridized carbons (Fsp3) is 0.607. The molecule has 392 valence electrons. The van der Waals surface area contributed by atoms with Crippen LogP contribution >= 0.6 is 0 Å². The third kappa shape index (κ3) is 10.6. The first-order valence-electron chi connectivity index (χ1n) is 26.7. The number of pyridine rings is 1. The molecule has 8 atom stereocenters. The molecule has 73 heavy (non-hydrogen) atoms. The molecule has 2 amide bonds. The number of para-hydroxylation sites is 1. The Bertz CT molecular complexity index is 2910. The van der Waals surface area contributed by atoms with E-state index in [0.29, 0.717) is 48.5 Å². The minimum absolute atomic E-state index is 0.0136. The Morgan fingerprint density at radius 3 is 2.58 bits per heavy atom. The molecule has 4 aromatic rings. The number of Topliss-reactive ketones (excluding diaryl/α,β-unsaturated/α-hetero) is 1. The highest BCUT2D eigenvalue weighted by molar-refractivity contribution is 7.91. The largest absolute Gasteiger partial charge is 0.492 e. The molecule has 2 aromatic carbocycles. The second kappa shape index (κ2) is 20.0. The fourth-order valence-corrected chi connectivity index (χ4v) is 13.1. The molecule has 3 aliphatic heterocycles. The molecule has 5 heterocycles. The van der Waals surface area contributed by atoms with Gasteiger partial charge in [0, 0.05) is 24.8 Å². The van der Waals surface area contributed by atoms with Crippen molar-refractivity contribution in [2.24, 2.45) is 28.6 Å². The zero-order chi connectivity index (χ0) is 51.5. The predicted molar refractivity (Wildman–Crippen MR) is 273 cm³/mol. The van der Waals surface area contributed by atoms with Crippen molar-refractivity contribution >= 4 is 55.5 Å². The fourth-order valence-electron chi connectivity index (χ4n) is 11.7. The van der Waals surface area contributed by atoms with E-state index in [4.69, 9.17) is 24.2 Å². The van der Waals surface area contributed by atoms with Gasteiger partial charge in [0.2, 0.25) is 27.7 Å². The number of carbonyl (C=O) groups excluding carboxylic acids is 4. The molecule has 10 rings (SSSR count). The van der Waals surface area contributed by atoms with Gasteiger partial charge in [-0.1, -0.05) is 58.2 Å². The molecule has 3 aliphatic carbocycles. The Balaban J connectivity index is 0.938. The lowest BCUT2D eigenvalue weighted by atomic mass is 9.77. The first-order chi connectivity index (χ1) is 34.9. The van der Waals surface area contributed by atoms with Crippen LogP contribution in [0.15, 0.2) is 55.1 Å². The molecule has 2 N–H and O–H groups in total. The summed E-state index contributed by atoms with van der Waals surface area (Å²) in [6.07, 6.45) is 10.2. The van der Waals surface area contributed by atoms with Gasteiger partial charge in [-0.05, 0) is 125 Å². The number of halogens is 1. The summed E-state index contributed by atoms with van der Waals surface area (Å²) in [5.74, 6) is -1.36. The van der Waals surface area contributed by atoms with Gasteiger partial charge in [-0.25, -0.2) is 22.8 Å². The summed E-state index contributed by atoms with van der Waals surface area (Å²) in [6, 6.07) is 11.5. The zero-order valence-corrected chi connectivity index (χ0v) is 43.6. The van der Waals surface area contributed by atoms with Crippen molar-refractivity contribution in [3.63, 3.8) is 0 Å². The highest BCUT2D eigenvalue weighted by Gasteiger charge is 2.62. The van der Waals surface area contributed by atoms with Crippen LogP contribution < -0.4 is 14.2 Å². The third-order valence-electron chi connectivity index (χ3n) is 16.9. The second-order valence-corrected chi connectivity index (χ2v) is 25.4. The van der Waals surface area contributed by atoms with E-state index < -0.39 is 67.2 Å². The molecule has 2 saturated heterocycles. The van der Waals surface area contributed by atoms with Gasteiger partial charge >= 0.3 is 5.97 Å². The lowest BCUT2D eigenvalue weighted by Gasteiger charge is -2.34. The van der Waals surface area contributed by atoms with E-state index in [1.54, 1.807) is 19.1 Å². The average Bonchev–Trinajstić information content (AvgIpc) is 4.31. The summed E-state index contributed by atoms with van der Waals surface area (Å²) in [7, 11) is -3.99. The summed E-state index contributed by atoms with van der Waals surface area (Å²) < 4.78 is 61.8. The number of amides is 2. The molecule has 3 saturated carbocycles. The molecule has 0 radical (unpaired) electrons. The second-order valence-electron chi connectivity index (χ2n) is 23.2. The molecule has 15 nitrogen and oxygen atoms in total. The van der Waals surface area contributed by atoms with E-state index in [-0.39, 0.29) is 62.0 Å². The number of H-pyrrole nitrogens is 1. The maximum absolute atomic E-state index is 15.1. The Kier molecular flexibility index (Phi) is 14.0. The lowest BCUT2D eigenvalue weighted by Crippen LogP contribution is -2.49. The number of likely N-dealkylation sites (tertiary alicyclic amines) is 1. The van der Waals surface area contributed by atoms with Crippen molar-refractivity contribution in [3.8, 4) is 11.6 Å². The van der Waals surface area contributed by atoms with Crippen LogP contribution in [0.25, 0.3) is 21.9 Å². The number of rotatable bonds is 13. The van der Waals surface area contributed by atoms with E-state index in [2.05, 4.69) is 21.2 Å². The Hall–Kier alpha value is -5.42. The SMILES string of the molecule is C=C[C@@H]1C[C@]1(CC(=O)[C@@H]1C[C@@H]2CN1C(=O)[C@H](C(C)(C)C)CC(=O)O[C@@H]1C[C@H]1CCCCCc1c(nc3ccccc3c1OCCCN1CCCCC1c1nc3ccc(F)cc3[nH]1)O2)C(=O)NS(=O)(=O)C1(C)CC1. The molecule has 1 unspecified atom stereocenters. The maximum Gasteiger partial charge on any atom is 0.306 e. The summed E-state index contributed by atoms with van der Waals surface area (Å²) in [6.45, 7) is 13.3. The topological polar surface area (TPSA) is 190 Å². The van der Waals surface area contributed by atoms with Crippen molar-refractivity contribution in [3.05, 3.63) is 72.3 Å². The molecule has 0 spiro atoms. The Morgan fingerprint density at radius 2 is 1.81 bits per heavy atom. The zero-order valence-electron chi connectivity index (χ0n) is 42.8. The number of ether oxygens (including phenoxy) is 3. The van der Waals surface area contributed by atoms with Crippen molar-refractivity contribution in [2.45, 2.75) is 159 Å². The number of benzene rings is 2. The molecule has 2 aromatic heterocycles. The number of imidazole rings is 1. The first-order valence-corrected chi connectivity index (χ1v) is 28.2. The van der Waals surface area contributed by atoms with Crippen molar-refractivity contribution in [1.82, 2.24) is 29.5 Å². The van der Waals surface area contributed by atoms with Crippen molar-refractivity contribution < 1.29 is 46.2 Å². The minimum atomic E-state index is -3.99. The van der Waals surface area contributed by atoms with Gasteiger partial charge in [0.15, 0.2) is 5.78 Å². The number of fused-ring (bicyclic) bond motifs is 6. The number of nitrogens with one attached hydrogen (secondary N) is 2. The van der Waals surface area contributed by atoms with E-state index in [1.165, 1.54) is 17.0 Å². The van der Waals surface area contributed by atoms with Crippen LogP contribution in [0.3, 0.4) is 0 Å². The number of carbonyl (C=O) groups is 4. The molecule has 6 aliphatic rings. The van der Waals surface area contributed by atoms with Gasteiger partial charge in [-0.15, -0.1) is 6.58 Å². The monoisotopic (exact) mass is 1020 g/mol. The Labute approximate surface area is 427 Å². The van der Waals surface area contributed by atoms with Gasteiger partial charge in [0.25, 0.3) is 0 Å². The molecule has 17 heteroatoms. The summed E-state index contributed by atoms with van der Waals surface area (Å²) in [4.78, 5) is 75.0.